The van der Waals surface area contributed by atoms with Gasteiger partial charge in [-0.1, -0.05) is 53.9 Å². The largest absolute Gasteiger partial charge is 0.445 e. The van der Waals surface area contributed by atoms with Crippen LogP contribution in [0.25, 0.3) is 0 Å². The predicted molar refractivity (Wildman–Crippen MR) is 90.2 cm³/mol. The van der Waals surface area contributed by atoms with E-state index in [0.717, 1.165) is 11.3 Å². The Balaban J connectivity index is 1.97. The summed E-state index contributed by atoms with van der Waals surface area (Å²) < 4.78 is 3.12. The van der Waals surface area contributed by atoms with Gasteiger partial charge in [-0.3, -0.25) is 10.1 Å². The molecule has 124 valence electrons. The Hall–Kier alpha value is -1.50. The molecule has 1 heterocycles. The van der Waals surface area contributed by atoms with Crippen LogP contribution in [0.15, 0.2) is 29.4 Å². The van der Waals surface area contributed by atoms with Crippen LogP contribution in [0.2, 0.25) is 0 Å². The van der Waals surface area contributed by atoms with Gasteiger partial charge in [0.05, 0.1) is 5.71 Å². The summed E-state index contributed by atoms with van der Waals surface area (Å²) in [5, 5.41) is 6.59. The van der Waals surface area contributed by atoms with Crippen molar-refractivity contribution in [2.45, 2.75) is 17.1 Å². The average molecular weight is 379 g/mol. The fourth-order valence-corrected chi connectivity index (χ4v) is 2.19. The first-order valence-electron chi connectivity index (χ1n) is 6.72. The molecule has 1 aromatic carbocycles. The van der Waals surface area contributed by atoms with E-state index >= 15 is 0 Å². The molecule has 0 aromatic heterocycles. The Morgan fingerprint density at radius 3 is 2.61 bits per heavy atom. The second-order valence-corrected chi connectivity index (χ2v) is 7.55. The topological polar surface area (TPSA) is 79.8 Å². The van der Waals surface area contributed by atoms with Crippen molar-refractivity contribution in [2.24, 2.45) is 11.0 Å². The minimum absolute atomic E-state index is 0.0248. The third-order valence-electron chi connectivity index (χ3n) is 3.05. The number of anilines is 1. The molecule has 6 nitrogen and oxygen atoms in total. The van der Waals surface area contributed by atoms with Gasteiger partial charge in [-0.05, 0) is 17.7 Å². The Morgan fingerprint density at radius 1 is 1.39 bits per heavy atom. The van der Waals surface area contributed by atoms with Gasteiger partial charge in [0.1, 0.15) is 6.61 Å². The molecule has 0 fully saturated rings. The number of halogens is 3. The molecule has 1 aliphatic rings. The zero-order chi connectivity index (χ0) is 17.0. The third-order valence-corrected chi connectivity index (χ3v) is 3.38. The fraction of sp³-hybridized carbons (Fsp3) is 0.357. The van der Waals surface area contributed by atoms with Crippen molar-refractivity contribution in [3.05, 3.63) is 29.8 Å². The van der Waals surface area contributed by atoms with Crippen LogP contribution in [-0.4, -0.2) is 28.1 Å². The summed E-state index contributed by atoms with van der Waals surface area (Å²) in [6.45, 7) is 1.58. The molecule has 0 radical (unpaired) electrons. The number of carbonyl (C=O) groups excluding carboxylic acids is 2. The minimum Gasteiger partial charge on any atom is -0.445 e. The number of benzene rings is 1. The van der Waals surface area contributed by atoms with E-state index in [4.69, 9.17) is 39.5 Å². The van der Waals surface area contributed by atoms with Gasteiger partial charge in [0, 0.05) is 18.0 Å². The molecule has 1 aromatic rings. The number of amides is 2. The lowest BCUT2D eigenvalue weighted by molar-refractivity contribution is -0.121. The zero-order valence-electron chi connectivity index (χ0n) is 12.1. The standard InChI is InChI=1S/C14H14Cl3N3O3/c1-8-6-11(21)19-20-12(8)9-2-4-10(5-3-9)18-13(22)23-7-14(15,16)17/h2-5,8H,6-7H2,1H3,(H,18,22)(H,19,21). The highest BCUT2D eigenvalue weighted by Crippen LogP contribution is 2.26. The summed E-state index contributed by atoms with van der Waals surface area (Å²) in [4.78, 5) is 22.8. The summed E-state index contributed by atoms with van der Waals surface area (Å²) in [6.07, 6.45) is -0.331. The van der Waals surface area contributed by atoms with E-state index in [0.29, 0.717) is 12.1 Å². The maximum atomic E-state index is 11.6. The summed E-state index contributed by atoms with van der Waals surface area (Å²) in [5.74, 6) is -0.0759. The van der Waals surface area contributed by atoms with Gasteiger partial charge < -0.3 is 4.74 Å². The van der Waals surface area contributed by atoms with Crippen LogP contribution in [0.5, 0.6) is 0 Å². The predicted octanol–water partition coefficient (Wildman–Crippen LogP) is 3.47. The molecule has 0 aliphatic carbocycles. The summed E-state index contributed by atoms with van der Waals surface area (Å²) in [6, 6.07) is 6.96. The molecule has 2 N–H and O–H groups in total. The number of ether oxygens (including phenoxy) is 1. The lowest BCUT2D eigenvalue weighted by Gasteiger charge is -2.19. The van der Waals surface area contributed by atoms with E-state index in [-0.39, 0.29) is 18.4 Å². The van der Waals surface area contributed by atoms with Crippen LogP contribution in [0.4, 0.5) is 10.5 Å². The highest BCUT2D eigenvalue weighted by Gasteiger charge is 2.23. The number of nitrogens with one attached hydrogen (secondary N) is 2. The number of hydrogen-bond donors (Lipinski definition) is 2. The number of hydrazone groups is 1. The third kappa shape index (κ3) is 5.57. The number of nitrogens with zero attached hydrogens (tertiary/aromatic N) is 1. The second-order valence-electron chi connectivity index (χ2n) is 5.03. The van der Waals surface area contributed by atoms with Crippen molar-refractivity contribution in [3.8, 4) is 0 Å². The van der Waals surface area contributed by atoms with Crippen molar-refractivity contribution in [1.29, 1.82) is 0 Å². The molecular formula is C14H14Cl3N3O3. The van der Waals surface area contributed by atoms with E-state index in [1.54, 1.807) is 24.3 Å². The van der Waals surface area contributed by atoms with Crippen LogP contribution >= 0.6 is 34.8 Å². The van der Waals surface area contributed by atoms with Gasteiger partial charge in [-0.15, -0.1) is 0 Å². The molecule has 1 unspecified atom stereocenters. The Morgan fingerprint density at radius 2 is 2.04 bits per heavy atom. The normalized spacial score (nSPS) is 18.0. The van der Waals surface area contributed by atoms with Crippen molar-refractivity contribution in [2.75, 3.05) is 11.9 Å². The Kier molecular flexibility index (Phi) is 5.73. The van der Waals surface area contributed by atoms with E-state index in [9.17, 15) is 9.59 Å². The number of rotatable bonds is 3. The van der Waals surface area contributed by atoms with Crippen LogP contribution in [-0.2, 0) is 9.53 Å². The van der Waals surface area contributed by atoms with E-state index < -0.39 is 9.89 Å². The van der Waals surface area contributed by atoms with Crippen molar-refractivity contribution < 1.29 is 14.3 Å². The van der Waals surface area contributed by atoms with Crippen molar-refractivity contribution in [1.82, 2.24) is 5.43 Å². The lowest BCUT2D eigenvalue weighted by atomic mass is 9.94. The Labute approximate surface area is 148 Å². The quantitative estimate of drug-likeness (QED) is 0.790. The molecule has 1 aliphatic heterocycles. The van der Waals surface area contributed by atoms with Crippen LogP contribution in [0, 0.1) is 5.92 Å². The van der Waals surface area contributed by atoms with Gasteiger partial charge >= 0.3 is 6.09 Å². The summed E-state index contributed by atoms with van der Waals surface area (Å²) >= 11 is 16.5. The van der Waals surface area contributed by atoms with Gasteiger partial charge in [-0.2, -0.15) is 5.10 Å². The molecular weight excluding hydrogens is 365 g/mol. The highest BCUT2D eigenvalue weighted by atomic mass is 35.6. The molecule has 0 spiro atoms. The monoisotopic (exact) mass is 377 g/mol. The van der Waals surface area contributed by atoms with E-state index in [1.165, 1.54) is 0 Å². The van der Waals surface area contributed by atoms with E-state index in [1.807, 2.05) is 6.92 Å². The van der Waals surface area contributed by atoms with Crippen LogP contribution in [0.1, 0.15) is 18.9 Å². The van der Waals surface area contributed by atoms with Gasteiger partial charge in [0.15, 0.2) is 0 Å². The Bertz CT molecular complexity index is 626. The van der Waals surface area contributed by atoms with Crippen LogP contribution in [0.3, 0.4) is 0 Å². The maximum Gasteiger partial charge on any atom is 0.411 e. The van der Waals surface area contributed by atoms with Gasteiger partial charge in [0.25, 0.3) is 0 Å². The van der Waals surface area contributed by atoms with E-state index in [2.05, 4.69) is 15.8 Å². The molecule has 1 atom stereocenters. The molecule has 2 rings (SSSR count). The smallest absolute Gasteiger partial charge is 0.411 e. The zero-order valence-corrected chi connectivity index (χ0v) is 14.4. The van der Waals surface area contributed by atoms with Gasteiger partial charge in [0.2, 0.25) is 9.70 Å². The molecule has 9 heteroatoms. The highest BCUT2D eigenvalue weighted by molar-refractivity contribution is 6.67. The van der Waals surface area contributed by atoms with Crippen LogP contribution < -0.4 is 10.7 Å². The molecule has 23 heavy (non-hydrogen) atoms. The maximum absolute atomic E-state index is 11.6. The SMILES string of the molecule is CC1CC(=O)NN=C1c1ccc(NC(=O)OCC(Cl)(Cl)Cl)cc1. The molecule has 2 amide bonds. The van der Waals surface area contributed by atoms with Gasteiger partial charge in [-0.25, -0.2) is 10.2 Å². The first-order chi connectivity index (χ1) is 10.7. The lowest BCUT2D eigenvalue weighted by Crippen LogP contribution is -2.31. The fourth-order valence-electron chi connectivity index (χ4n) is 2.03. The van der Waals surface area contributed by atoms with Crippen molar-refractivity contribution >= 4 is 58.2 Å². The number of alkyl halides is 3. The number of carbonyl (C=O) groups is 2. The minimum atomic E-state index is -1.65. The molecule has 0 saturated heterocycles. The average Bonchev–Trinajstić information content (AvgIpc) is 2.46. The van der Waals surface area contributed by atoms with Crippen molar-refractivity contribution in [3.63, 3.8) is 0 Å². The first-order valence-corrected chi connectivity index (χ1v) is 7.85. The first kappa shape index (κ1) is 17.8. The molecule has 0 saturated carbocycles. The summed E-state index contributed by atoms with van der Waals surface area (Å²) in [5.41, 5.74) is 4.63. The number of hydrogen-bond acceptors (Lipinski definition) is 4. The molecule has 0 bridgehead atoms. The second kappa shape index (κ2) is 7.38. The summed E-state index contributed by atoms with van der Waals surface area (Å²) in [7, 11) is 0.